The zero-order valence-corrected chi connectivity index (χ0v) is 15.6. The second-order valence-electron chi connectivity index (χ2n) is 7.03. The summed E-state index contributed by atoms with van der Waals surface area (Å²) in [5.74, 6) is -0.537. The van der Waals surface area contributed by atoms with Crippen molar-refractivity contribution in [2.75, 3.05) is 23.3 Å². The summed E-state index contributed by atoms with van der Waals surface area (Å²) < 4.78 is 0. The van der Waals surface area contributed by atoms with Crippen LogP contribution in [0.15, 0.2) is 48.5 Å². The highest BCUT2D eigenvalue weighted by Gasteiger charge is 2.19. The lowest BCUT2D eigenvalue weighted by molar-refractivity contribution is 0.0698. The molecule has 142 valence electrons. The van der Waals surface area contributed by atoms with Gasteiger partial charge in [-0.2, -0.15) is 0 Å². The molecule has 6 nitrogen and oxygen atoms in total. The van der Waals surface area contributed by atoms with Crippen LogP contribution >= 0.6 is 0 Å². The Labute approximate surface area is 162 Å². The third-order valence-corrected chi connectivity index (χ3v) is 5.10. The Hall–Kier alpha value is -3.41. The standard InChI is InChI=1S/C22H21N3O3/c1-14-6-2-3-7-16(14)21(26)23-15-8-9-19-17(12-15)18(22(27)28)13-20(24-19)25-10-4-5-11-25/h2-3,6-9,12-13H,4-5,10-11H2,1H3,(H,23,26)(H,27,28). The van der Waals surface area contributed by atoms with E-state index < -0.39 is 5.97 Å². The summed E-state index contributed by atoms with van der Waals surface area (Å²) in [6, 6.07) is 14.2. The van der Waals surface area contributed by atoms with Gasteiger partial charge in [-0.1, -0.05) is 18.2 Å². The lowest BCUT2D eigenvalue weighted by atomic mass is 10.1. The number of aromatic carboxylic acids is 1. The van der Waals surface area contributed by atoms with Crippen molar-refractivity contribution in [2.24, 2.45) is 0 Å². The maximum atomic E-state index is 12.6. The fraction of sp³-hybridized carbons (Fsp3) is 0.227. The van der Waals surface area contributed by atoms with Crippen LogP contribution in [0.5, 0.6) is 0 Å². The number of carbonyl (C=O) groups excluding carboxylic acids is 1. The minimum Gasteiger partial charge on any atom is -0.478 e. The Bertz CT molecular complexity index is 1070. The van der Waals surface area contributed by atoms with Gasteiger partial charge < -0.3 is 15.3 Å². The number of carbonyl (C=O) groups is 2. The third kappa shape index (κ3) is 3.41. The van der Waals surface area contributed by atoms with E-state index in [4.69, 9.17) is 0 Å². The average Bonchev–Trinajstić information content (AvgIpc) is 3.22. The Morgan fingerprint density at radius 1 is 1.04 bits per heavy atom. The van der Waals surface area contributed by atoms with Crippen LogP contribution in [0.1, 0.15) is 39.1 Å². The first-order valence-electron chi connectivity index (χ1n) is 9.33. The molecule has 2 aromatic carbocycles. The second kappa shape index (κ2) is 7.31. The fourth-order valence-electron chi connectivity index (χ4n) is 3.60. The molecule has 1 saturated heterocycles. The molecule has 1 amide bonds. The molecule has 2 heterocycles. The van der Waals surface area contributed by atoms with Crippen LogP contribution < -0.4 is 10.2 Å². The maximum Gasteiger partial charge on any atom is 0.336 e. The van der Waals surface area contributed by atoms with E-state index in [9.17, 15) is 14.7 Å². The molecule has 3 aromatic rings. The van der Waals surface area contributed by atoms with Crippen LogP contribution in [0, 0.1) is 6.92 Å². The van der Waals surface area contributed by atoms with Gasteiger partial charge in [0.2, 0.25) is 0 Å². The number of hydrogen-bond acceptors (Lipinski definition) is 4. The number of nitrogens with one attached hydrogen (secondary N) is 1. The summed E-state index contributed by atoms with van der Waals surface area (Å²) >= 11 is 0. The highest BCUT2D eigenvalue weighted by molar-refractivity contribution is 6.08. The molecular weight excluding hydrogens is 354 g/mol. The topological polar surface area (TPSA) is 82.5 Å². The molecule has 2 N–H and O–H groups in total. The molecule has 0 aliphatic carbocycles. The van der Waals surface area contributed by atoms with Gasteiger partial charge in [0.05, 0.1) is 11.1 Å². The lowest BCUT2D eigenvalue weighted by Crippen LogP contribution is -2.19. The lowest BCUT2D eigenvalue weighted by Gasteiger charge is -2.18. The number of aromatic nitrogens is 1. The smallest absolute Gasteiger partial charge is 0.336 e. The van der Waals surface area contributed by atoms with Crippen molar-refractivity contribution < 1.29 is 14.7 Å². The van der Waals surface area contributed by atoms with E-state index in [2.05, 4.69) is 15.2 Å². The van der Waals surface area contributed by atoms with Gasteiger partial charge >= 0.3 is 5.97 Å². The molecule has 6 heteroatoms. The molecular formula is C22H21N3O3. The van der Waals surface area contributed by atoms with Gasteiger partial charge in [0.15, 0.2) is 0 Å². The number of pyridine rings is 1. The van der Waals surface area contributed by atoms with Gasteiger partial charge in [-0.25, -0.2) is 9.78 Å². The minimum absolute atomic E-state index is 0.193. The molecule has 1 fully saturated rings. The first-order chi connectivity index (χ1) is 13.5. The summed E-state index contributed by atoms with van der Waals surface area (Å²) in [7, 11) is 0. The number of anilines is 2. The van der Waals surface area contributed by atoms with Crippen molar-refractivity contribution in [3.63, 3.8) is 0 Å². The largest absolute Gasteiger partial charge is 0.478 e. The van der Waals surface area contributed by atoms with Crippen LogP contribution in [0.3, 0.4) is 0 Å². The normalized spacial score (nSPS) is 13.7. The zero-order chi connectivity index (χ0) is 19.7. The summed E-state index contributed by atoms with van der Waals surface area (Å²) in [6.07, 6.45) is 2.18. The first kappa shape index (κ1) is 18.0. The van der Waals surface area contributed by atoms with Crippen molar-refractivity contribution in [3.8, 4) is 0 Å². The number of aryl methyl sites for hydroxylation is 1. The Balaban J connectivity index is 1.71. The van der Waals surface area contributed by atoms with Crippen molar-refractivity contribution in [2.45, 2.75) is 19.8 Å². The predicted octanol–water partition coefficient (Wildman–Crippen LogP) is 4.09. The molecule has 1 aromatic heterocycles. The summed E-state index contributed by atoms with van der Waals surface area (Å²) in [4.78, 5) is 31.2. The molecule has 0 radical (unpaired) electrons. The number of amides is 1. The van der Waals surface area contributed by atoms with Gasteiger partial charge in [-0.05, 0) is 55.7 Å². The van der Waals surface area contributed by atoms with Crippen LogP contribution in [0.2, 0.25) is 0 Å². The Morgan fingerprint density at radius 3 is 2.50 bits per heavy atom. The molecule has 1 aliphatic rings. The van der Waals surface area contributed by atoms with Crippen molar-refractivity contribution >= 4 is 34.3 Å². The van der Waals surface area contributed by atoms with Gasteiger partial charge in [-0.3, -0.25) is 4.79 Å². The molecule has 0 bridgehead atoms. The van der Waals surface area contributed by atoms with Gasteiger partial charge in [0.25, 0.3) is 5.91 Å². The minimum atomic E-state index is -1.00. The molecule has 0 atom stereocenters. The van der Waals surface area contributed by atoms with Gasteiger partial charge in [-0.15, -0.1) is 0 Å². The van der Waals surface area contributed by atoms with Crippen LogP contribution in [0.4, 0.5) is 11.5 Å². The number of rotatable bonds is 4. The third-order valence-electron chi connectivity index (χ3n) is 5.10. The van der Waals surface area contributed by atoms with E-state index in [-0.39, 0.29) is 11.5 Å². The highest BCUT2D eigenvalue weighted by atomic mass is 16.4. The average molecular weight is 375 g/mol. The van der Waals surface area contributed by atoms with Crippen LogP contribution in [0.25, 0.3) is 10.9 Å². The number of carboxylic acids is 1. The summed E-state index contributed by atoms with van der Waals surface area (Å²) in [6.45, 7) is 3.66. The van der Waals surface area contributed by atoms with Crippen molar-refractivity contribution in [3.05, 3.63) is 65.2 Å². The van der Waals surface area contributed by atoms with E-state index >= 15 is 0 Å². The van der Waals surface area contributed by atoms with Gasteiger partial charge in [0, 0.05) is 29.7 Å². The number of fused-ring (bicyclic) bond motifs is 1. The monoisotopic (exact) mass is 375 g/mol. The van der Waals surface area contributed by atoms with Crippen molar-refractivity contribution in [1.82, 2.24) is 4.98 Å². The van der Waals surface area contributed by atoms with Crippen molar-refractivity contribution in [1.29, 1.82) is 0 Å². The van der Waals surface area contributed by atoms with E-state index in [1.165, 1.54) is 0 Å². The number of benzene rings is 2. The maximum absolute atomic E-state index is 12.6. The molecule has 1 aliphatic heterocycles. The predicted molar refractivity (Wildman–Crippen MR) is 109 cm³/mol. The van der Waals surface area contributed by atoms with Crippen LogP contribution in [-0.4, -0.2) is 35.1 Å². The number of hydrogen-bond donors (Lipinski definition) is 2. The molecule has 4 rings (SSSR count). The molecule has 0 unspecified atom stereocenters. The molecule has 0 spiro atoms. The second-order valence-corrected chi connectivity index (χ2v) is 7.03. The molecule has 0 saturated carbocycles. The fourth-order valence-corrected chi connectivity index (χ4v) is 3.60. The number of carboxylic acid groups (broad SMARTS) is 1. The number of nitrogens with zero attached hydrogens (tertiary/aromatic N) is 2. The van der Waals surface area contributed by atoms with E-state index in [1.807, 2.05) is 25.1 Å². The zero-order valence-electron chi connectivity index (χ0n) is 15.6. The van der Waals surface area contributed by atoms with E-state index in [0.29, 0.717) is 28.0 Å². The summed E-state index contributed by atoms with van der Waals surface area (Å²) in [5.41, 5.74) is 2.81. The Morgan fingerprint density at radius 2 is 1.79 bits per heavy atom. The SMILES string of the molecule is Cc1ccccc1C(=O)Nc1ccc2nc(N3CCCC3)cc(C(=O)O)c2c1. The highest BCUT2D eigenvalue weighted by Crippen LogP contribution is 2.28. The van der Waals surface area contributed by atoms with Crippen LogP contribution in [-0.2, 0) is 0 Å². The Kier molecular flexibility index (Phi) is 4.69. The molecule has 28 heavy (non-hydrogen) atoms. The quantitative estimate of drug-likeness (QED) is 0.718. The van der Waals surface area contributed by atoms with Gasteiger partial charge in [0.1, 0.15) is 5.82 Å². The van der Waals surface area contributed by atoms with E-state index in [1.54, 1.807) is 30.3 Å². The summed E-state index contributed by atoms with van der Waals surface area (Å²) in [5, 5.41) is 13.1. The first-order valence-corrected chi connectivity index (χ1v) is 9.33. The van der Waals surface area contributed by atoms with E-state index in [0.717, 1.165) is 31.5 Å².